The summed E-state index contributed by atoms with van der Waals surface area (Å²) in [5.74, 6) is 0.752. The zero-order chi connectivity index (χ0) is 19.3. The van der Waals surface area contributed by atoms with Crippen LogP contribution in [0.4, 0.5) is 5.69 Å². The van der Waals surface area contributed by atoms with Gasteiger partial charge in [0.25, 0.3) is 0 Å². The highest BCUT2D eigenvalue weighted by Crippen LogP contribution is 2.51. The van der Waals surface area contributed by atoms with Crippen LogP contribution < -0.4 is 15.2 Å². The van der Waals surface area contributed by atoms with Gasteiger partial charge in [-0.3, -0.25) is 0 Å². The van der Waals surface area contributed by atoms with E-state index in [4.69, 9.17) is 15.2 Å². The van der Waals surface area contributed by atoms with Gasteiger partial charge >= 0.3 is 0 Å². The second-order valence-electron chi connectivity index (χ2n) is 5.50. The normalized spacial score (nSPS) is 10.3. The quantitative estimate of drug-likeness (QED) is 0.570. The first kappa shape index (κ1) is 19.8. The summed E-state index contributed by atoms with van der Waals surface area (Å²) in [6.45, 7) is 4.10. The van der Waals surface area contributed by atoms with Crippen molar-refractivity contribution < 1.29 is 9.47 Å². The number of anilines is 1. The number of nitrogen functional groups attached to an aromatic ring is 1. The molecule has 0 aliphatic carbocycles. The number of hydrogen-bond acceptors (Lipinski definition) is 7. The fourth-order valence-electron chi connectivity index (χ4n) is 2.38. The average Bonchev–Trinajstić information content (AvgIpc) is 2.63. The van der Waals surface area contributed by atoms with Gasteiger partial charge in [0.1, 0.15) is 23.3 Å². The highest BCUT2D eigenvalue weighted by atomic mass is 32.2. The molecule has 5 nitrogen and oxygen atoms in total. The summed E-state index contributed by atoms with van der Waals surface area (Å²) in [5, 5.41) is 19.5. The summed E-state index contributed by atoms with van der Waals surface area (Å²) in [4.78, 5) is 2.33. The van der Waals surface area contributed by atoms with Crippen LogP contribution in [0.5, 0.6) is 11.5 Å². The first-order valence-corrected chi connectivity index (χ1v) is 9.49. The molecule has 0 spiro atoms. The van der Waals surface area contributed by atoms with Crippen molar-refractivity contribution in [3.05, 3.63) is 35.4 Å². The lowest BCUT2D eigenvalue weighted by atomic mass is 10.1. The van der Waals surface area contributed by atoms with Crippen molar-refractivity contribution in [2.75, 3.05) is 20.0 Å². The van der Waals surface area contributed by atoms with E-state index in [0.29, 0.717) is 17.2 Å². The molecule has 7 heteroatoms. The molecule has 26 heavy (non-hydrogen) atoms. The second kappa shape index (κ2) is 8.75. The number of nitrogens with zero attached hydrogens (tertiary/aromatic N) is 2. The van der Waals surface area contributed by atoms with E-state index in [9.17, 15) is 10.5 Å². The maximum atomic E-state index is 9.62. The standard InChI is InChI=1S/C19H19N3O2S2/c1-11(2)25-18-16(23-3)12(9-20)13(10-21)17(24-4)19(18)26-15-8-6-5-7-14(15)22/h5-8,11H,22H2,1-4H3. The van der Waals surface area contributed by atoms with Crippen LogP contribution in [0.3, 0.4) is 0 Å². The van der Waals surface area contributed by atoms with Crippen molar-refractivity contribution in [1.29, 1.82) is 10.5 Å². The number of benzene rings is 2. The summed E-state index contributed by atoms with van der Waals surface area (Å²) in [7, 11) is 2.99. The van der Waals surface area contributed by atoms with Crippen LogP contribution in [0, 0.1) is 22.7 Å². The zero-order valence-corrected chi connectivity index (χ0v) is 16.6. The fraction of sp³-hybridized carbons (Fsp3) is 0.263. The van der Waals surface area contributed by atoms with Gasteiger partial charge in [-0.25, -0.2) is 0 Å². The summed E-state index contributed by atoms with van der Waals surface area (Å²) in [5.41, 5.74) is 7.06. The van der Waals surface area contributed by atoms with Crippen molar-refractivity contribution in [2.24, 2.45) is 0 Å². The Labute approximate surface area is 162 Å². The third kappa shape index (κ3) is 3.85. The van der Waals surface area contributed by atoms with E-state index in [-0.39, 0.29) is 16.4 Å². The lowest BCUT2D eigenvalue weighted by Crippen LogP contribution is -2.03. The summed E-state index contributed by atoms with van der Waals surface area (Å²) < 4.78 is 11.1. The molecular weight excluding hydrogens is 366 g/mol. The van der Waals surface area contributed by atoms with Crippen LogP contribution in [0.2, 0.25) is 0 Å². The van der Waals surface area contributed by atoms with Crippen LogP contribution in [0.1, 0.15) is 25.0 Å². The minimum atomic E-state index is 0.164. The Hall–Kier alpha value is -2.48. The maximum Gasteiger partial charge on any atom is 0.153 e. The molecule has 0 bridgehead atoms. The lowest BCUT2D eigenvalue weighted by molar-refractivity contribution is 0.381. The van der Waals surface area contributed by atoms with Gasteiger partial charge in [0.2, 0.25) is 0 Å². The molecule has 0 fully saturated rings. The first-order chi connectivity index (χ1) is 12.5. The van der Waals surface area contributed by atoms with E-state index < -0.39 is 0 Å². The predicted molar refractivity (Wildman–Crippen MR) is 105 cm³/mol. The van der Waals surface area contributed by atoms with Crippen molar-refractivity contribution in [1.82, 2.24) is 0 Å². The monoisotopic (exact) mass is 385 g/mol. The van der Waals surface area contributed by atoms with E-state index in [1.54, 1.807) is 11.8 Å². The van der Waals surface area contributed by atoms with E-state index in [1.165, 1.54) is 26.0 Å². The SMILES string of the molecule is COc1c(C#N)c(C#N)c(OC)c(SC(C)C)c1Sc1ccccc1N. The molecule has 0 aliphatic heterocycles. The number of hydrogen-bond donors (Lipinski definition) is 1. The van der Waals surface area contributed by atoms with Gasteiger partial charge in [0, 0.05) is 15.8 Å². The van der Waals surface area contributed by atoms with E-state index in [1.807, 2.05) is 38.1 Å². The van der Waals surface area contributed by atoms with Crippen molar-refractivity contribution in [3.8, 4) is 23.6 Å². The van der Waals surface area contributed by atoms with Crippen LogP contribution in [0.15, 0.2) is 39.0 Å². The lowest BCUT2D eigenvalue weighted by Gasteiger charge is -2.20. The summed E-state index contributed by atoms with van der Waals surface area (Å²) in [6.07, 6.45) is 0. The maximum absolute atomic E-state index is 9.62. The number of nitrogens with two attached hydrogens (primary N) is 1. The number of thioether (sulfide) groups is 1. The molecule has 0 saturated carbocycles. The number of nitriles is 2. The van der Waals surface area contributed by atoms with Gasteiger partial charge in [-0.15, -0.1) is 11.8 Å². The smallest absolute Gasteiger partial charge is 0.153 e. The van der Waals surface area contributed by atoms with E-state index in [2.05, 4.69) is 12.1 Å². The van der Waals surface area contributed by atoms with Crippen LogP contribution >= 0.6 is 23.5 Å². The Morgan fingerprint density at radius 3 is 1.96 bits per heavy atom. The van der Waals surface area contributed by atoms with E-state index in [0.717, 1.165) is 14.7 Å². The molecule has 2 aromatic rings. The third-order valence-electron chi connectivity index (χ3n) is 3.44. The first-order valence-electron chi connectivity index (χ1n) is 7.79. The summed E-state index contributed by atoms with van der Waals surface area (Å²) >= 11 is 2.95. The van der Waals surface area contributed by atoms with Crippen LogP contribution in [-0.4, -0.2) is 19.5 Å². The van der Waals surface area contributed by atoms with Gasteiger partial charge in [-0.05, 0) is 12.1 Å². The van der Waals surface area contributed by atoms with Gasteiger partial charge < -0.3 is 15.2 Å². The fourth-order valence-corrected chi connectivity index (χ4v) is 4.63. The van der Waals surface area contributed by atoms with Gasteiger partial charge in [0.15, 0.2) is 11.5 Å². The molecule has 2 aromatic carbocycles. The molecule has 0 saturated heterocycles. The van der Waals surface area contributed by atoms with Crippen molar-refractivity contribution in [2.45, 2.75) is 33.8 Å². The molecule has 0 atom stereocenters. The average molecular weight is 386 g/mol. The molecule has 0 heterocycles. The Balaban J connectivity index is 2.84. The number of para-hydroxylation sites is 1. The van der Waals surface area contributed by atoms with Gasteiger partial charge in [-0.2, -0.15) is 10.5 Å². The third-order valence-corrected chi connectivity index (χ3v) is 5.85. The topological polar surface area (TPSA) is 92.1 Å². The van der Waals surface area contributed by atoms with Gasteiger partial charge in [0.05, 0.1) is 24.0 Å². The van der Waals surface area contributed by atoms with Crippen molar-refractivity contribution in [3.63, 3.8) is 0 Å². The minimum Gasteiger partial charge on any atom is -0.494 e. The Kier molecular flexibility index (Phi) is 6.68. The Morgan fingerprint density at radius 1 is 0.962 bits per heavy atom. The summed E-state index contributed by atoms with van der Waals surface area (Å²) in [6, 6.07) is 11.6. The highest BCUT2D eigenvalue weighted by molar-refractivity contribution is 8.02. The molecule has 2 rings (SSSR count). The molecule has 0 aromatic heterocycles. The van der Waals surface area contributed by atoms with Crippen LogP contribution in [0.25, 0.3) is 0 Å². The second-order valence-corrected chi connectivity index (χ2v) is 8.14. The molecule has 134 valence electrons. The highest BCUT2D eigenvalue weighted by Gasteiger charge is 2.27. The molecule has 0 radical (unpaired) electrons. The number of rotatable bonds is 6. The Morgan fingerprint density at radius 2 is 1.50 bits per heavy atom. The molecule has 2 N–H and O–H groups in total. The minimum absolute atomic E-state index is 0.164. The number of ether oxygens (including phenoxy) is 2. The van der Waals surface area contributed by atoms with Crippen molar-refractivity contribution >= 4 is 29.2 Å². The zero-order valence-electron chi connectivity index (χ0n) is 15.0. The molecular formula is C19H19N3O2S2. The number of methoxy groups -OCH3 is 2. The van der Waals surface area contributed by atoms with Gasteiger partial charge in [-0.1, -0.05) is 37.7 Å². The van der Waals surface area contributed by atoms with E-state index >= 15 is 0 Å². The molecule has 0 aliphatic rings. The Bertz CT molecular complexity index is 899. The van der Waals surface area contributed by atoms with Crippen LogP contribution in [-0.2, 0) is 0 Å². The molecule has 0 amide bonds. The largest absolute Gasteiger partial charge is 0.494 e. The predicted octanol–water partition coefficient (Wildman–Crippen LogP) is 4.68. The molecule has 0 unspecified atom stereocenters.